The van der Waals surface area contributed by atoms with Crippen molar-refractivity contribution in [2.24, 2.45) is 15.9 Å². The average molecular weight is 889 g/mol. The molecular weight excluding hydrogens is 833 g/mol. The first-order valence-corrected chi connectivity index (χ1v) is 25.3. The molecule has 5 aliphatic rings. The van der Waals surface area contributed by atoms with Gasteiger partial charge in [0, 0.05) is 55.7 Å². The summed E-state index contributed by atoms with van der Waals surface area (Å²) >= 11 is 1.99. The maximum Gasteiger partial charge on any atom is 0.155 e. The summed E-state index contributed by atoms with van der Waals surface area (Å²) in [5.74, 6) is 2.53. The quantitative estimate of drug-likeness (QED) is 0.156. The zero-order chi connectivity index (χ0) is 45.1. The van der Waals surface area contributed by atoms with E-state index in [9.17, 15) is 0 Å². The Hall–Kier alpha value is -6.49. The van der Waals surface area contributed by atoms with E-state index in [0.717, 1.165) is 79.0 Å². The number of hydrogen-bond donors (Lipinski definition) is 0. The molecule has 0 fully saturated rings. The van der Waals surface area contributed by atoms with Gasteiger partial charge in [0.25, 0.3) is 0 Å². The van der Waals surface area contributed by atoms with Crippen LogP contribution in [0.3, 0.4) is 0 Å². The van der Waals surface area contributed by atoms with Gasteiger partial charge in [-0.3, -0.25) is 4.99 Å². The largest absolute Gasteiger partial charge is 0.460 e. The zero-order valence-electron chi connectivity index (χ0n) is 38.7. The lowest BCUT2D eigenvalue weighted by molar-refractivity contribution is 0.440. The highest BCUT2D eigenvalue weighted by molar-refractivity contribution is 8.01. The third kappa shape index (κ3) is 7.74. The predicted octanol–water partition coefficient (Wildman–Crippen LogP) is 16.4. The van der Waals surface area contributed by atoms with E-state index in [1.54, 1.807) is 0 Å². The summed E-state index contributed by atoms with van der Waals surface area (Å²) in [5, 5.41) is 1.22. The molecule has 4 heteroatoms. The monoisotopic (exact) mass is 888 g/mol. The lowest BCUT2D eigenvalue weighted by Gasteiger charge is -2.34. The van der Waals surface area contributed by atoms with Gasteiger partial charge in [0.05, 0.1) is 6.04 Å². The first-order chi connectivity index (χ1) is 32.9. The summed E-state index contributed by atoms with van der Waals surface area (Å²) in [6.07, 6.45) is 20.9. The summed E-state index contributed by atoms with van der Waals surface area (Å²) in [6.45, 7) is 7.04. The molecule has 3 nitrogen and oxygen atoms in total. The summed E-state index contributed by atoms with van der Waals surface area (Å²) in [6, 6.07) is 51.4. The van der Waals surface area contributed by atoms with Crippen LogP contribution in [0.25, 0.3) is 34.2 Å². The van der Waals surface area contributed by atoms with E-state index < -0.39 is 0 Å². The molecule has 0 radical (unpaired) electrons. The number of allylic oxidation sites excluding steroid dienone is 5. The minimum Gasteiger partial charge on any atom is -0.460 e. The second kappa shape index (κ2) is 17.3. The molecule has 3 aliphatic carbocycles. The Morgan fingerprint density at radius 3 is 2.43 bits per heavy atom. The molecule has 0 N–H and O–H groups in total. The van der Waals surface area contributed by atoms with Crippen molar-refractivity contribution in [3.05, 3.63) is 231 Å². The van der Waals surface area contributed by atoms with Gasteiger partial charge in [-0.25, -0.2) is 4.99 Å². The van der Waals surface area contributed by atoms with Crippen molar-refractivity contribution in [3.63, 3.8) is 0 Å². The number of fused-ring (bicyclic) bond motifs is 7. The number of rotatable bonds is 6. The van der Waals surface area contributed by atoms with Crippen molar-refractivity contribution in [3.8, 4) is 11.1 Å². The lowest BCUT2D eigenvalue weighted by Crippen LogP contribution is -2.30. The maximum absolute atomic E-state index is 7.07. The molecule has 0 spiro atoms. The zero-order valence-corrected chi connectivity index (χ0v) is 39.5. The normalized spacial score (nSPS) is 25.4. The molecule has 7 aromatic rings. The van der Waals surface area contributed by atoms with E-state index in [4.69, 9.17) is 14.4 Å². The molecule has 0 saturated heterocycles. The fourth-order valence-electron chi connectivity index (χ4n) is 11.7. The number of amidine groups is 1. The molecule has 0 amide bonds. The minimum atomic E-state index is -0.175. The van der Waals surface area contributed by atoms with Crippen LogP contribution in [0.5, 0.6) is 0 Å². The lowest BCUT2D eigenvalue weighted by atomic mass is 9.75. The Bertz CT molecular complexity index is 3270. The Labute approximate surface area is 399 Å². The van der Waals surface area contributed by atoms with Crippen molar-refractivity contribution in [1.29, 1.82) is 0 Å². The molecule has 3 heterocycles. The number of aryl methyl sites for hydroxylation is 2. The van der Waals surface area contributed by atoms with E-state index in [1.807, 2.05) is 11.8 Å². The Morgan fingerprint density at radius 1 is 0.746 bits per heavy atom. The van der Waals surface area contributed by atoms with Crippen molar-refractivity contribution in [2.75, 3.05) is 0 Å². The van der Waals surface area contributed by atoms with Crippen LogP contribution in [0, 0.1) is 12.8 Å². The van der Waals surface area contributed by atoms with Crippen LogP contribution < -0.4 is 0 Å². The Kier molecular flexibility index (Phi) is 10.8. The molecule has 5 atom stereocenters. The van der Waals surface area contributed by atoms with E-state index in [0.29, 0.717) is 0 Å². The van der Waals surface area contributed by atoms with Crippen molar-refractivity contribution < 1.29 is 4.42 Å². The summed E-state index contributed by atoms with van der Waals surface area (Å²) < 4.78 is 6.99. The van der Waals surface area contributed by atoms with Crippen molar-refractivity contribution in [1.82, 2.24) is 0 Å². The first-order valence-electron chi connectivity index (χ1n) is 24.4. The van der Waals surface area contributed by atoms with Crippen LogP contribution >= 0.6 is 11.8 Å². The van der Waals surface area contributed by atoms with Crippen LogP contribution in [0.15, 0.2) is 194 Å². The molecule has 1 aromatic heterocycles. The molecule has 330 valence electrons. The van der Waals surface area contributed by atoms with Crippen LogP contribution in [-0.2, 0) is 12.8 Å². The molecular formula is C63H56N2OS. The van der Waals surface area contributed by atoms with E-state index in [-0.39, 0.29) is 28.5 Å². The number of nitrogens with zero attached hydrogens (tertiary/aromatic N) is 2. The fourth-order valence-corrected chi connectivity index (χ4v) is 13.2. The molecule has 12 rings (SSSR count). The molecule has 0 bridgehead atoms. The standard InChI is InChI=1S/C63H56N2OS/c1-40-17-7-8-20-44(40)35-42-31-32-50(49-24-10-9-21-46(49)36-42)48-38-54-51-25-11-13-28-57(51)66-61(54)55(39-48)60-41(2)30-33-56(52-27-16-34-63(3)59(52)53-26-12-14-29-58(53)67-63)64-62(65-60)47-23-15-22-45(37-47)43-18-5-4-6-19-43/h4-12,14-27,29,34-35,37-39,41,50,59-60H,13,28,30-33,36H2,1-3H3/b42-35-,64-56+,65-62-/t41-,50?,59+,60?,63?/m1/s1. The highest BCUT2D eigenvalue weighted by Gasteiger charge is 2.46. The Balaban J connectivity index is 1.03. The van der Waals surface area contributed by atoms with Gasteiger partial charge >= 0.3 is 0 Å². The van der Waals surface area contributed by atoms with Crippen LogP contribution in [0.2, 0.25) is 0 Å². The smallest absolute Gasteiger partial charge is 0.155 e. The second-order valence-corrected chi connectivity index (χ2v) is 21.2. The minimum absolute atomic E-state index is 0.0795. The van der Waals surface area contributed by atoms with Crippen LogP contribution in [0.1, 0.15) is 120 Å². The average Bonchev–Trinajstić information content (AvgIpc) is 3.82. The summed E-state index contributed by atoms with van der Waals surface area (Å²) in [7, 11) is 0. The number of hydrogen-bond acceptors (Lipinski definition) is 4. The molecule has 2 aliphatic heterocycles. The van der Waals surface area contributed by atoms with Crippen molar-refractivity contribution in [2.45, 2.75) is 93.2 Å². The van der Waals surface area contributed by atoms with Crippen molar-refractivity contribution >= 4 is 46.4 Å². The number of thioether (sulfide) groups is 1. The van der Waals surface area contributed by atoms with Gasteiger partial charge in [-0.05, 0) is 133 Å². The van der Waals surface area contributed by atoms with E-state index in [2.05, 4.69) is 197 Å². The molecule has 3 unspecified atom stereocenters. The molecule has 67 heavy (non-hydrogen) atoms. The number of furan rings is 1. The molecule has 0 saturated carbocycles. The van der Waals surface area contributed by atoms with Crippen LogP contribution in [-0.4, -0.2) is 16.3 Å². The summed E-state index contributed by atoms with van der Waals surface area (Å²) in [4.78, 5) is 13.1. The first kappa shape index (κ1) is 41.9. The van der Waals surface area contributed by atoms with Gasteiger partial charge in [-0.2, -0.15) is 0 Å². The van der Waals surface area contributed by atoms with Gasteiger partial charge in [0.1, 0.15) is 11.3 Å². The predicted molar refractivity (Wildman–Crippen MR) is 282 cm³/mol. The van der Waals surface area contributed by atoms with Gasteiger partial charge in [0.2, 0.25) is 0 Å². The van der Waals surface area contributed by atoms with E-state index >= 15 is 0 Å². The SMILES string of the molecule is Cc1ccccc1/C=C1/CCC(c2cc(C3/N=C(c4cccc(-c5ccccc5)c4)\N=C(\C4=CC=CC5(C)Sc6ccccc6[C@H]45)CC[C@H]3C)c3oc4c(c3c2)C=CCC4)c2ccccc2C1. The van der Waals surface area contributed by atoms with Gasteiger partial charge < -0.3 is 4.42 Å². The van der Waals surface area contributed by atoms with Gasteiger partial charge in [-0.1, -0.05) is 164 Å². The Morgan fingerprint density at radius 2 is 1.54 bits per heavy atom. The number of benzene rings is 6. The van der Waals surface area contributed by atoms with Gasteiger partial charge in [0.15, 0.2) is 5.84 Å². The molecule has 6 aromatic carbocycles. The van der Waals surface area contributed by atoms with Crippen LogP contribution in [0.4, 0.5) is 0 Å². The van der Waals surface area contributed by atoms with E-state index in [1.165, 1.54) is 71.5 Å². The maximum atomic E-state index is 7.07. The number of aliphatic imine (C=N–C) groups is 2. The highest BCUT2D eigenvalue weighted by Crippen LogP contribution is 2.58. The van der Waals surface area contributed by atoms with Gasteiger partial charge in [-0.15, -0.1) is 11.8 Å². The third-order valence-electron chi connectivity index (χ3n) is 15.2. The highest BCUT2D eigenvalue weighted by atomic mass is 32.2. The topological polar surface area (TPSA) is 37.9 Å². The second-order valence-electron chi connectivity index (χ2n) is 19.6. The summed E-state index contributed by atoms with van der Waals surface area (Å²) in [5.41, 5.74) is 19.0. The third-order valence-corrected chi connectivity index (χ3v) is 16.6. The fraction of sp³-hybridized carbons (Fsp3) is 0.238.